The van der Waals surface area contributed by atoms with Gasteiger partial charge in [-0.3, -0.25) is 20.2 Å². The number of carbonyl (C=O) groups excluding carboxylic acids is 1. The Labute approximate surface area is 190 Å². The highest BCUT2D eigenvalue weighted by Gasteiger charge is 2.32. The number of esters is 1. The molecule has 0 aromatic heterocycles. The van der Waals surface area contributed by atoms with Crippen LogP contribution < -0.4 is 4.90 Å². The summed E-state index contributed by atoms with van der Waals surface area (Å²) in [5.74, 6) is -0.773. The summed E-state index contributed by atoms with van der Waals surface area (Å²) in [5, 5.41) is 23.6. The van der Waals surface area contributed by atoms with Crippen LogP contribution in [0.3, 0.4) is 0 Å². The van der Waals surface area contributed by atoms with Crippen molar-refractivity contribution in [3.63, 3.8) is 0 Å². The molecule has 0 N–H and O–H groups in total. The van der Waals surface area contributed by atoms with E-state index in [9.17, 15) is 25.0 Å². The van der Waals surface area contributed by atoms with Gasteiger partial charge >= 0.3 is 17.3 Å². The maximum atomic E-state index is 12.5. The highest BCUT2D eigenvalue weighted by molar-refractivity contribution is 5.94. The molecule has 9 nitrogen and oxygen atoms in total. The van der Waals surface area contributed by atoms with Crippen LogP contribution in [0.2, 0.25) is 0 Å². The summed E-state index contributed by atoms with van der Waals surface area (Å²) in [4.78, 5) is 36.5. The summed E-state index contributed by atoms with van der Waals surface area (Å²) in [5.41, 5.74) is -1.06. The number of nitro groups is 2. The van der Waals surface area contributed by atoms with Crippen LogP contribution in [0, 0.1) is 20.2 Å². The molecule has 9 heteroatoms. The highest BCUT2D eigenvalue weighted by atomic mass is 16.6. The lowest BCUT2D eigenvalue weighted by molar-refractivity contribution is -0.392. The summed E-state index contributed by atoms with van der Waals surface area (Å²) < 4.78 is 5.24. The number of hydrogen-bond donors (Lipinski definition) is 0. The SMILES string of the molecule is CCCCCCCCOC(=O)c1cc([N+](=O)[O-])c(N(CCCC)CCCC)c([N+](=O)[O-])c1. The zero-order chi connectivity index (χ0) is 23.9. The molecule has 0 bridgehead atoms. The second-order valence-electron chi connectivity index (χ2n) is 7.98. The average Bonchev–Trinajstić information content (AvgIpc) is 2.77. The smallest absolute Gasteiger partial charge is 0.338 e. The third kappa shape index (κ3) is 8.80. The van der Waals surface area contributed by atoms with Crippen LogP contribution in [0.5, 0.6) is 0 Å². The number of nitro benzene ring substituents is 2. The van der Waals surface area contributed by atoms with Crippen LogP contribution in [0.1, 0.15) is 95.3 Å². The minimum Gasteiger partial charge on any atom is -0.462 e. The quantitative estimate of drug-likeness (QED) is 0.116. The average molecular weight is 452 g/mol. The van der Waals surface area contributed by atoms with Crippen LogP contribution >= 0.6 is 0 Å². The van der Waals surface area contributed by atoms with Crippen molar-refractivity contribution in [2.24, 2.45) is 0 Å². The van der Waals surface area contributed by atoms with Gasteiger partial charge in [-0.15, -0.1) is 0 Å². The van der Waals surface area contributed by atoms with Crippen LogP contribution in [0.25, 0.3) is 0 Å². The van der Waals surface area contributed by atoms with Crippen molar-refractivity contribution in [2.75, 3.05) is 24.6 Å². The minimum absolute atomic E-state index is 0.0330. The first-order valence-corrected chi connectivity index (χ1v) is 11.8. The maximum absolute atomic E-state index is 12.5. The van der Waals surface area contributed by atoms with Gasteiger partial charge in [-0.2, -0.15) is 0 Å². The molecule has 32 heavy (non-hydrogen) atoms. The van der Waals surface area contributed by atoms with Gasteiger partial charge in [0.25, 0.3) is 0 Å². The predicted octanol–water partition coefficient (Wildman–Crippen LogP) is 6.43. The van der Waals surface area contributed by atoms with E-state index >= 15 is 0 Å². The van der Waals surface area contributed by atoms with Crippen molar-refractivity contribution in [3.8, 4) is 0 Å². The number of nitrogens with zero attached hydrogens (tertiary/aromatic N) is 3. The van der Waals surface area contributed by atoms with Crippen LogP contribution in [0.15, 0.2) is 12.1 Å². The second-order valence-corrected chi connectivity index (χ2v) is 7.98. The van der Waals surface area contributed by atoms with Crippen molar-refractivity contribution in [2.45, 2.75) is 85.0 Å². The lowest BCUT2D eigenvalue weighted by atomic mass is 10.1. The molecule has 0 saturated heterocycles. The summed E-state index contributed by atoms with van der Waals surface area (Å²) >= 11 is 0. The standard InChI is InChI=1S/C23H37N3O6/c1-4-7-10-11-12-13-16-32-23(27)19-17-20(25(28)29)22(21(18-19)26(30)31)24(14-8-5-2)15-9-6-3/h17-18H,4-16H2,1-3H3. The molecule has 0 aliphatic rings. The van der Waals surface area contributed by atoms with E-state index in [1.807, 2.05) is 13.8 Å². The molecule has 0 fully saturated rings. The number of hydrogen-bond acceptors (Lipinski definition) is 7. The molecule has 1 aromatic rings. The fourth-order valence-corrected chi connectivity index (χ4v) is 3.49. The number of anilines is 1. The molecule has 0 unspecified atom stereocenters. The summed E-state index contributed by atoms with van der Waals surface area (Å²) in [6.07, 6.45) is 9.35. The zero-order valence-corrected chi connectivity index (χ0v) is 19.6. The van der Waals surface area contributed by atoms with Gasteiger partial charge in [-0.25, -0.2) is 4.79 Å². The molecule has 0 heterocycles. The Kier molecular flexibility index (Phi) is 12.9. The van der Waals surface area contributed by atoms with Gasteiger partial charge in [0, 0.05) is 25.2 Å². The van der Waals surface area contributed by atoms with Gasteiger partial charge < -0.3 is 9.64 Å². The lowest BCUT2D eigenvalue weighted by Crippen LogP contribution is -2.27. The number of unbranched alkanes of at least 4 members (excludes halogenated alkanes) is 7. The first-order valence-electron chi connectivity index (χ1n) is 11.8. The highest BCUT2D eigenvalue weighted by Crippen LogP contribution is 2.39. The van der Waals surface area contributed by atoms with Gasteiger partial charge in [-0.1, -0.05) is 65.7 Å². The van der Waals surface area contributed by atoms with E-state index in [1.54, 1.807) is 4.90 Å². The lowest BCUT2D eigenvalue weighted by Gasteiger charge is -2.24. The number of carbonyl (C=O) groups is 1. The van der Waals surface area contributed by atoms with Crippen LogP contribution in [-0.2, 0) is 4.74 Å². The monoisotopic (exact) mass is 451 g/mol. The molecule has 0 atom stereocenters. The summed E-state index contributed by atoms with van der Waals surface area (Å²) in [6, 6.07) is 2.22. The van der Waals surface area contributed by atoms with Crippen molar-refractivity contribution in [1.29, 1.82) is 0 Å². The van der Waals surface area contributed by atoms with Crippen molar-refractivity contribution in [1.82, 2.24) is 0 Å². The van der Waals surface area contributed by atoms with Gasteiger partial charge in [0.05, 0.1) is 22.0 Å². The minimum atomic E-state index is -0.773. The zero-order valence-electron chi connectivity index (χ0n) is 19.6. The second kappa shape index (κ2) is 15.2. The van der Waals surface area contributed by atoms with Crippen molar-refractivity contribution >= 4 is 23.0 Å². The van der Waals surface area contributed by atoms with Gasteiger partial charge in [0.15, 0.2) is 5.69 Å². The number of rotatable bonds is 17. The van der Waals surface area contributed by atoms with E-state index in [4.69, 9.17) is 4.74 Å². The Bertz CT molecular complexity index is 710. The van der Waals surface area contributed by atoms with Crippen molar-refractivity contribution < 1.29 is 19.4 Å². The first kappa shape index (κ1) is 27.3. The fraction of sp³-hybridized carbons (Fsp3) is 0.696. The van der Waals surface area contributed by atoms with Crippen LogP contribution in [-0.4, -0.2) is 35.5 Å². The van der Waals surface area contributed by atoms with E-state index in [0.29, 0.717) is 19.5 Å². The third-order valence-electron chi connectivity index (χ3n) is 5.31. The summed E-state index contributed by atoms with van der Waals surface area (Å²) in [6.45, 7) is 7.25. The fourth-order valence-electron chi connectivity index (χ4n) is 3.49. The van der Waals surface area contributed by atoms with Crippen LogP contribution in [0.4, 0.5) is 17.1 Å². The van der Waals surface area contributed by atoms with E-state index in [1.165, 1.54) is 6.42 Å². The topological polar surface area (TPSA) is 116 Å². The molecule has 0 saturated carbocycles. The van der Waals surface area contributed by atoms with E-state index in [2.05, 4.69) is 6.92 Å². The summed E-state index contributed by atoms with van der Waals surface area (Å²) in [7, 11) is 0. The Morgan fingerprint density at radius 1 is 0.812 bits per heavy atom. The Morgan fingerprint density at radius 2 is 1.28 bits per heavy atom. The molecule has 1 rings (SSSR count). The molecule has 0 aliphatic heterocycles. The molecule has 0 aliphatic carbocycles. The van der Waals surface area contributed by atoms with E-state index < -0.39 is 27.2 Å². The normalized spacial score (nSPS) is 10.7. The van der Waals surface area contributed by atoms with Gasteiger partial charge in [-0.05, 0) is 19.3 Å². The Hall–Kier alpha value is -2.71. The predicted molar refractivity (Wildman–Crippen MR) is 125 cm³/mol. The molecule has 0 spiro atoms. The van der Waals surface area contributed by atoms with Gasteiger partial charge in [0.2, 0.25) is 0 Å². The molecule has 0 amide bonds. The molecular weight excluding hydrogens is 414 g/mol. The van der Waals surface area contributed by atoms with Gasteiger partial charge in [0.1, 0.15) is 0 Å². The Morgan fingerprint density at radius 3 is 1.75 bits per heavy atom. The molecular formula is C23H37N3O6. The number of ether oxygens (including phenoxy) is 1. The maximum Gasteiger partial charge on any atom is 0.338 e. The number of benzene rings is 1. The Balaban J connectivity index is 3.12. The van der Waals surface area contributed by atoms with Crippen molar-refractivity contribution in [3.05, 3.63) is 37.9 Å². The van der Waals surface area contributed by atoms with E-state index in [0.717, 1.165) is 63.5 Å². The largest absolute Gasteiger partial charge is 0.462 e. The van der Waals surface area contributed by atoms with E-state index in [-0.39, 0.29) is 17.9 Å². The third-order valence-corrected chi connectivity index (χ3v) is 5.31. The molecule has 180 valence electrons. The molecule has 0 radical (unpaired) electrons. The molecule has 1 aromatic carbocycles. The first-order chi connectivity index (χ1) is 15.4.